The van der Waals surface area contributed by atoms with Gasteiger partial charge in [-0.3, -0.25) is 9.59 Å². The average molecular weight is 190 g/mol. The Hall–Kier alpha value is -0.570. The maximum atomic E-state index is 11.2. The number of hydrogen-bond acceptors (Lipinski definition) is 2. The van der Waals surface area contributed by atoms with Crippen molar-refractivity contribution in [2.45, 2.75) is 19.3 Å². The molecule has 0 atom stereocenters. The first-order valence-corrected chi connectivity index (χ1v) is 4.67. The third-order valence-electron chi connectivity index (χ3n) is 2.00. The predicted molar refractivity (Wildman–Crippen MR) is 46.2 cm³/mol. The number of alkyl halides is 1. The van der Waals surface area contributed by atoms with Gasteiger partial charge in [-0.1, -0.05) is 0 Å². The number of amides is 1. The molecule has 3 nitrogen and oxygen atoms in total. The van der Waals surface area contributed by atoms with Crippen LogP contribution in [0, 0.1) is 0 Å². The summed E-state index contributed by atoms with van der Waals surface area (Å²) in [7, 11) is 0. The second kappa shape index (κ2) is 4.45. The number of ketones is 1. The molecule has 0 unspecified atom stereocenters. The van der Waals surface area contributed by atoms with Gasteiger partial charge in [0.1, 0.15) is 0 Å². The number of carbonyl (C=O) groups excluding carboxylic acids is 2. The molecule has 68 valence electrons. The molecule has 1 aliphatic heterocycles. The van der Waals surface area contributed by atoms with E-state index in [9.17, 15) is 9.59 Å². The summed E-state index contributed by atoms with van der Waals surface area (Å²) >= 11 is 5.27. The van der Waals surface area contributed by atoms with Crippen molar-refractivity contribution in [1.29, 1.82) is 0 Å². The van der Waals surface area contributed by atoms with E-state index in [0.29, 0.717) is 13.1 Å². The zero-order valence-corrected chi connectivity index (χ0v) is 7.64. The van der Waals surface area contributed by atoms with Crippen LogP contribution in [0.1, 0.15) is 19.3 Å². The smallest absolute Gasteiger partial charge is 0.291 e. The zero-order valence-electron chi connectivity index (χ0n) is 6.88. The minimum atomic E-state index is -0.487. The number of rotatable bonds is 2. The molecule has 0 bridgehead atoms. The van der Waals surface area contributed by atoms with Gasteiger partial charge < -0.3 is 4.90 Å². The van der Waals surface area contributed by atoms with Gasteiger partial charge in [-0.25, -0.2) is 0 Å². The largest absolute Gasteiger partial charge is 0.336 e. The summed E-state index contributed by atoms with van der Waals surface area (Å²) in [6.07, 6.45) is 3.15. The molecule has 1 aliphatic rings. The third-order valence-corrected chi connectivity index (χ3v) is 2.25. The standard InChI is InChI=1S/C8H12ClNO2/c9-6-7(11)8(12)10-4-2-1-3-5-10/h1-6H2. The van der Waals surface area contributed by atoms with Crippen LogP contribution < -0.4 is 0 Å². The van der Waals surface area contributed by atoms with Gasteiger partial charge in [0.05, 0.1) is 5.88 Å². The first-order valence-electron chi connectivity index (χ1n) is 4.14. The Kier molecular flexibility index (Phi) is 3.53. The highest BCUT2D eigenvalue weighted by Crippen LogP contribution is 2.08. The maximum absolute atomic E-state index is 11.2. The van der Waals surface area contributed by atoms with Gasteiger partial charge in [0, 0.05) is 13.1 Å². The Bertz CT molecular complexity index is 187. The second-order valence-corrected chi connectivity index (χ2v) is 3.18. The lowest BCUT2D eigenvalue weighted by molar-refractivity contribution is -0.144. The van der Waals surface area contributed by atoms with Crippen LogP contribution in [0.3, 0.4) is 0 Å². The highest BCUT2D eigenvalue weighted by Gasteiger charge is 2.21. The zero-order chi connectivity index (χ0) is 8.97. The Morgan fingerprint density at radius 1 is 1.17 bits per heavy atom. The minimum absolute atomic E-state index is 0.199. The normalized spacial score (nSPS) is 17.6. The van der Waals surface area contributed by atoms with Gasteiger partial charge in [-0.15, -0.1) is 11.6 Å². The molecule has 0 aromatic rings. The fraction of sp³-hybridized carbons (Fsp3) is 0.750. The topological polar surface area (TPSA) is 37.4 Å². The summed E-state index contributed by atoms with van der Waals surface area (Å²) in [5.74, 6) is -1.10. The number of piperidine rings is 1. The molecule has 0 radical (unpaired) electrons. The molecule has 0 aromatic carbocycles. The second-order valence-electron chi connectivity index (χ2n) is 2.91. The van der Waals surface area contributed by atoms with Gasteiger partial charge in [-0.05, 0) is 19.3 Å². The average Bonchev–Trinajstić information content (AvgIpc) is 2.17. The van der Waals surface area contributed by atoms with Crippen molar-refractivity contribution >= 4 is 23.3 Å². The molecule has 1 heterocycles. The van der Waals surface area contributed by atoms with E-state index in [1.165, 1.54) is 0 Å². The van der Waals surface area contributed by atoms with Crippen molar-refractivity contribution in [2.75, 3.05) is 19.0 Å². The number of likely N-dealkylation sites (tertiary alicyclic amines) is 1. The van der Waals surface area contributed by atoms with E-state index in [1.54, 1.807) is 4.90 Å². The number of carbonyl (C=O) groups is 2. The lowest BCUT2D eigenvalue weighted by Gasteiger charge is -2.25. The van der Waals surface area contributed by atoms with Crippen LogP contribution >= 0.6 is 11.6 Å². The third kappa shape index (κ3) is 2.21. The molecule has 4 heteroatoms. The van der Waals surface area contributed by atoms with Crippen molar-refractivity contribution < 1.29 is 9.59 Å². The molecular formula is C8H12ClNO2. The Morgan fingerprint density at radius 3 is 2.25 bits per heavy atom. The summed E-state index contributed by atoms with van der Waals surface area (Å²) in [5.41, 5.74) is 0. The molecule has 0 aromatic heterocycles. The molecule has 0 aliphatic carbocycles. The van der Waals surface area contributed by atoms with Crippen molar-refractivity contribution in [3.05, 3.63) is 0 Å². The predicted octanol–water partition coefficient (Wildman–Crippen LogP) is 0.807. The molecular weight excluding hydrogens is 178 g/mol. The Labute approximate surface area is 76.7 Å². The Morgan fingerprint density at radius 2 is 1.75 bits per heavy atom. The number of hydrogen-bond donors (Lipinski definition) is 0. The summed E-state index contributed by atoms with van der Waals surface area (Å²) in [6, 6.07) is 0. The molecule has 0 saturated carbocycles. The molecule has 0 spiro atoms. The number of halogens is 1. The van der Waals surface area contributed by atoms with E-state index in [0.717, 1.165) is 19.3 Å². The molecule has 0 N–H and O–H groups in total. The van der Waals surface area contributed by atoms with Gasteiger partial charge in [-0.2, -0.15) is 0 Å². The van der Waals surface area contributed by atoms with Crippen LogP contribution in [0.25, 0.3) is 0 Å². The van der Waals surface area contributed by atoms with Crippen LogP contribution in [-0.2, 0) is 9.59 Å². The molecule has 12 heavy (non-hydrogen) atoms. The van der Waals surface area contributed by atoms with Crippen LogP contribution in [0.4, 0.5) is 0 Å². The van der Waals surface area contributed by atoms with E-state index in [1.807, 2.05) is 0 Å². The fourth-order valence-electron chi connectivity index (χ4n) is 1.33. The highest BCUT2D eigenvalue weighted by atomic mass is 35.5. The monoisotopic (exact) mass is 189 g/mol. The lowest BCUT2D eigenvalue weighted by Crippen LogP contribution is -2.40. The maximum Gasteiger partial charge on any atom is 0.291 e. The summed E-state index contributed by atoms with van der Waals surface area (Å²) < 4.78 is 0. The van der Waals surface area contributed by atoms with Crippen molar-refractivity contribution in [2.24, 2.45) is 0 Å². The molecule has 1 saturated heterocycles. The van der Waals surface area contributed by atoms with Crippen LogP contribution in [-0.4, -0.2) is 35.6 Å². The lowest BCUT2D eigenvalue weighted by atomic mass is 10.1. The van der Waals surface area contributed by atoms with E-state index in [2.05, 4.69) is 0 Å². The van der Waals surface area contributed by atoms with Crippen molar-refractivity contribution in [1.82, 2.24) is 4.90 Å². The van der Waals surface area contributed by atoms with Gasteiger partial charge in [0.2, 0.25) is 5.78 Å². The highest BCUT2D eigenvalue weighted by molar-refractivity contribution is 6.46. The van der Waals surface area contributed by atoms with Crippen LogP contribution in [0.2, 0.25) is 0 Å². The van der Waals surface area contributed by atoms with Gasteiger partial charge in [0.25, 0.3) is 5.91 Å². The van der Waals surface area contributed by atoms with Gasteiger partial charge in [0.15, 0.2) is 0 Å². The first-order chi connectivity index (χ1) is 5.75. The number of Topliss-reactive ketones (excluding diaryl/α,β-unsaturated/α-hetero) is 1. The SMILES string of the molecule is O=C(CCl)C(=O)N1CCCCC1. The van der Waals surface area contributed by atoms with E-state index in [-0.39, 0.29) is 5.88 Å². The molecule has 1 fully saturated rings. The van der Waals surface area contributed by atoms with E-state index in [4.69, 9.17) is 11.6 Å². The molecule has 1 rings (SSSR count). The van der Waals surface area contributed by atoms with Crippen molar-refractivity contribution in [3.63, 3.8) is 0 Å². The van der Waals surface area contributed by atoms with Crippen LogP contribution in [0.5, 0.6) is 0 Å². The summed E-state index contributed by atoms with van der Waals surface area (Å²) in [4.78, 5) is 23.7. The Balaban J connectivity index is 2.45. The van der Waals surface area contributed by atoms with Crippen LogP contribution in [0.15, 0.2) is 0 Å². The van der Waals surface area contributed by atoms with E-state index >= 15 is 0 Å². The fourth-order valence-corrected chi connectivity index (χ4v) is 1.44. The summed E-state index contributed by atoms with van der Waals surface area (Å²) in [6.45, 7) is 1.42. The van der Waals surface area contributed by atoms with E-state index < -0.39 is 11.7 Å². The van der Waals surface area contributed by atoms with Gasteiger partial charge >= 0.3 is 0 Å². The molecule has 1 amide bonds. The minimum Gasteiger partial charge on any atom is -0.336 e. The quantitative estimate of drug-likeness (QED) is 0.476. The summed E-state index contributed by atoms with van der Waals surface area (Å²) in [5, 5.41) is 0. The number of nitrogens with zero attached hydrogens (tertiary/aromatic N) is 1. The van der Waals surface area contributed by atoms with Crippen molar-refractivity contribution in [3.8, 4) is 0 Å². The first kappa shape index (κ1) is 9.52.